The fourth-order valence-corrected chi connectivity index (χ4v) is 9.35. The first-order valence-corrected chi connectivity index (χ1v) is 17.1. The summed E-state index contributed by atoms with van der Waals surface area (Å²) in [5.74, 6) is 2.69. The third-order valence-corrected chi connectivity index (χ3v) is 11.0. The van der Waals surface area contributed by atoms with Crippen molar-refractivity contribution in [3.63, 3.8) is 0 Å². The van der Waals surface area contributed by atoms with E-state index in [9.17, 15) is 9.59 Å². The molecule has 5 saturated carbocycles. The number of hydrogen-bond donors (Lipinski definition) is 4. The molecule has 2 aromatic carbocycles. The van der Waals surface area contributed by atoms with Crippen LogP contribution in [-0.4, -0.2) is 33.4 Å². The molecule has 2 heterocycles. The van der Waals surface area contributed by atoms with Gasteiger partial charge < -0.3 is 20.6 Å². The molecular weight excluding hydrogens is 544 g/mol. The van der Waals surface area contributed by atoms with Gasteiger partial charge in [-0.15, -0.1) is 0 Å². The standard InChI is InChI=1S/C19H22N2O.C19H26N2O/c22-18(17-8-15-3-1-2-4-16(15)20-17)21-19-9-12-5-13(10-19)7-14(6-12)11-19;1-13-10-14(2)16-12-18(21-17(16)11-13)19(22)20-15-8-6-4-3-5-7-9-15/h1-4,8,12-14,20H,5-7,9-11H2,(H,21,22);10-12,15,21H,3-9H2,1-2H3,(H,20,22). The summed E-state index contributed by atoms with van der Waals surface area (Å²) >= 11 is 0. The number of aromatic nitrogens is 2. The maximum Gasteiger partial charge on any atom is 0.268 e. The zero-order valence-electron chi connectivity index (χ0n) is 26.4. The molecule has 6 nitrogen and oxygen atoms in total. The number of aromatic amines is 2. The highest BCUT2D eigenvalue weighted by atomic mass is 16.2. The minimum atomic E-state index is 0.0406. The number of aryl methyl sites for hydroxylation is 2. The largest absolute Gasteiger partial charge is 0.351 e. The number of H-pyrrole nitrogens is 2. The van der Waals surface area contributed by atoms with Crippen molar-refractivity contribution in [3.8, 4) is 0 Å². The van der Waals surface area contributed by atoms with Crippen molar-refractivity contribution in [3.05, 3.63) is 71.0 Å². The molecule has 4 N–H and O–H groups in total. The highest BCUT2D eigenvalue weighted by molar-refractivity contribution is 5.99. The van der Waals surface area contributed by atoms with Crippen molar-refractivity contribution >= 4 is 33.6 Å². The molecule has 0 unspecified atom stereocenters. The summed E-state index contributed by atoms with van der Waals surface area (Å²) in [4.78, 5) is 31.8. The van der Waals surface area contributed by atoms with Crippen LogP contribution >= 0.6 is 0 Å². The van der Waals surface area contributed by atoms with Gasteiger partial charge in [-0.3, -0.25) is 9.59 Å². The molecule has 44 heavy (non-hydrogen) atoms. The van der Waals surface area contributed by atoms with Crippen LogP contribution in [0.5, 0.6) is 0 Å². The quantitative estimate of drug-likeness (QED) is 0.191. The van der Waals surface area contributed by atoms with E-state index in [-0.39, 0.29) is 17.4 Å². The lowest BCUT2D eigenvalue weighted by Gasteiger charge is -2.56. The number of rotatable bonds is 4. The van der Waals surface area contributed by atoms with Crippen LogP contribution in [0.4, 0.5) is 0 Å². The van der Waals surface area contributed by atoms with Crippen LogP contribution in [0.1, 0.15) is 116 Å². The summed E-state index contributed by atoms with van der Waals surface area (Å²) in [7, 11) is 0. The molecule has 0 spiro atoms. The number of para-hydroxylation sites is 1. The Balaban J connectivity index is 0.000000142. The van der Waals surface area contributed by atoms with E-state index in [1.165, 1.54) is 81.8 Å². The Morgan fingerprint density at radius 3 is 2.02 bits per heavy atom. The number of nitrogens with one attached hydrogen (secondary N) is 4. The van der Waals surface area contributed by atoms with Crippen molar-refractivity contribution in [1.29, 1.82) is 0 Å². The van der Waals surface area contributed by atoms with Crippen molar-refractivity contribution < 1.29 is 9.59 Å². The van der Waals surface area contributed by atoms with Crippen molar-refractivity contribution in [1.82, 2.24) is 20.6 Å². The lowest BCUT2D eigenvalue weighted by atomic mass is 9.53. The Bertz CT molecular complexity index is 1590. The predicted molar refractivity (Wildman–Crippen MR) is 178 cm³/mol. The summed E-state index contributed by atoms with van der Waals surface area (Å²) in [6.45, 7) is 4.18. The van der Waals surface area contributed by atoms with E-state index in [0.29, 0.717) is 17.4 Å². The molecule has 0 atom stereocenters. The smallest absolute Gasteiger partial charge is 0.268 e. The van der Waals surface area contributed by atoms with Crippen molar-refractivity contribution in [2.24, 2.45) is 17.8 Å². The van der Waals surface area contributed by atoms with E-state index in [0.717, 1.165) is 52.4 Å². The molecular formula is C38H48N4O2. The number of fused-ring (bicyclic) bond motifs is 2. The first-order valence-electron chi connectivity index (χ1n) is 17.1. The molecule has 0 aliphatic heterocycles. The van der Waals surface area contributed by atoms with E-state index in [1.807, 2.05) is 36.4 Å². The average molecular weight is 593 g/mol. The Morgan fingerprint density at radius 2 is 1.34 bits per heavy atom. The molecule has 2 amide bonds. The molecule has 6 heteroatoms. The topological polar surface area (TPSA) is 89.8 Å². The first-order chi connectivity index (χ1) is 21.3. The zero-order valence-corrected chi connectivity index (χ0v) is 26.4. The molecule has 5 aliphatic rings. The minimum Gasteiger partial charge on any atom is -0.351 e. The van der Waals surface area contributed by atoms with E-state index in [4.69, 9.17) is 0 Å². The van der Waals surface area contributed by atoms with Gasteiger partial charge in [-0.2, -0.15) is 0 Å². The zero-order chi connectivity index (χ0) is 30.3. The molecule has 4 aromatic rings. The van der Waals surface area contributed by atoms with Crippen LogP contribution < -0.4 is 10.6 Å². The SMILES string of the molecule is Cc1cc(C)c2cc(C(=O)NC3CCCCCCC3)[nH]c2c1.O=C(NC12CC3CC(CC(C3)C1)C2)c1cc2ccccc2[nH]1. The summed E-state index contributed by atoms with van der Waals surface area (Å²) < 4.78 is 0. The number of carbonyl (C=O) groups is 2. The van der Waals surface area contributed by atoms with Gasteiger partial charge in [0.15, 0.2) is 0 Å². The predicted octanol–water partition coefficient (Wildman–Crippen LogP) is 8.49. The van der Waals surface area contributed by atoms with Crippen LogP contribution in [0.15, 0.2) is 48.5 Å². The van der Waals surface area contributed by atoms with E-state index >= 15 is 0 Å². The number of carbonyl (C=O) groups excluding carboxylic acids is 2. The number of amides is 2. The Kier molecular flexibility index (Phi) is 8.02. The minimum absolute atomic E-state index is 0.0406. The molecule has 5 aliphatic carbocycles. The van der Waals surface area contributed by atoms with Gasteiger partial charge in [0.1, 0.15) is 11.4 Å². The van der Waals surface area contributed by atoms with Gasteiger partial charge in [-0.1, -0.05) is 56.4 Å². The molecule has 9 rings (SSSR count). The number of benzene rings is 2. The van der Waals surface area contributed by atoms with E-state index in [1.54, 1.807) is 0 Å². The van der Waals surface area contributed by atoms with Crippen LogP contribution in [0, 0.1) is 31.6 Å². The highest BCUT2D eigenvalue weighted by Crippen LogP contribution is 2.55. The van der Waals surface area contributed by atoms with Gasteiger partial charge in [0.2, 0.25) is 0 Å². The van der Waals surface area contributed by atoms with E-state index in [2.05, 4.69) is 46.6 Å². The number of hydrogen-bond acceptors (Lipinski definition) is 2. The van der Waals surface area contributed by atoms with Crippen molar-refractivity contribution in [2.45, 2.75) is 109 Å². The van der Waals surface area contributed by atoms with Gasteiger partial charge in [-0.25, -0.2) is 0 Å². The van der Waals surface area contributed by atoms with Crippen LogP contribution in [-0.2, 0) is 0 Å². The summed E-state index contributed by atoms with van der Waals surface area (Å²) in [5, 5.41) is 8.92. The van der Waals surface area contributed by atoms with Gasteiger partial charge in [0, 0.05) is 33.4 Å². The first kappa shape index (κ1) is 29.2. The Hall–Kier alpha value is -3.54. The van der Waals surface area contributed by atoms with Gasteiger partial charge in [-0.05, 0) is 118 Å². The van der Waals surface area contributed by atoms with Crippen LogP contribution in [0.3, 0.4) is 0 Å². The second kappa shape index (κ2) is 12.1. The van der Waals surface area contributed by atoms with Gasteiger partial charge in [0.05, 0.1) is 0 Å². The monoisotopic (exact) mass is 592 g/mol. The van der Waals surface area contributed by atoms with Crippen LogP contribution in [0.2, 0.25) is 0 Å². The molecule has 4 bridgehead atoms. The average Bonchev–Trinajstić information content (AvgIpc) is 3.59. The second-order valence-electron chi connectivity index (χ2n) is 14.7. The molecule has 232 valence electrons. The summed E-state index contributed by atoms with van der Waals surface area (Å²) in [5.41, 5.74) is 6.01. The molecule has 0 saturated heterocycles. The Morgan fingerprint density at radius 1 is 0.727 bits per heavy atom. The fraction of sp³-hybridized carbons (Fsp3) is 0.526. The maximum atomic E-state index is 12.8. The molecule has 0 radical (unpaired) electrons. The van der Waals surface area contributed by atoms with Crippen LogP contribution in [0.25, 0.3) is 21.8 Å². The van der Waals surface area contributed by atoms with Gasteiger partial charge >= 0.3 is 0 Å². The molecule has 5 fully saturated rings. The normalized spacial score (nSPS) is 26.5. The van der Waals surface area contributed by atoms with Gasteiger partial charge in [0.25, 0.3) is 11.8 Å². The molecule has 2 aromatic heterocycles. The second-order valence-corrected chi connectivity index (χ2v) is 14.7. The lowest BCUT2D eigenvalue weighted by Crippen LogP contribution is -2.59. The van der Waals surface area contributed by atoms with E-state index < -0.39 is 0 Å². The highest BCUT2D eigenvalue weighted by Gasteiger charge is 2.51. The summed E-state index contributed by atoms with van der Waals surface area (Å²) in [6, 6.07) is 16.7. The fourth-order valence-electron chi connectivity index (χ4n) is 9.35. The third kappa shape index (κ3) is 6.18. The Labute approximate surface area is 261 Å². The van der Waals surface area contributed by atoms with Crippen molar-refractivity contribution in [2.75, 3.05) is 0 Å². The lowest BCUT2D eigenvalue weighted by molar-refractivity contribution is -0.0167. The third-order valence-electron chi connectivity index (χ3n) is 11.0. The summed E-state index contributed by atoms with van der Waals surface area (Å²) in [6.07, 6.45) is 16.5. The maximum absolute atomic E-state index is 12.8.